The van der Waals surface area contributed by atoms with Gasteiger partial charge in [0.15, 0.2) is 0 Å². The molecule has 0 spiro atoms. The van der Waals surface area contributed by atoms with Crippen molar-refractivity contribution in [3.8, 4) is 0 Å². The fourth-order valence-corrected chi connectivity index (χ4v) is 3.10. The normalized spacial score (nSPS) is 15.2. The third-order valence-electron chi connectivity index (χ3n) is 4.85. The minimum Gasteiger partial charge on any atom is -0.372 e. The molecule has 1 N–H and O–H groups in total. The minimum absolute atomic E-state index is 0.422. The standard InChI is InChI=1S/C19H29N3O2/c1-5-21(6-2)16-7-8-17(15(4)13-16)20-18(23)19(24)22-11-9-14(3)10-12-22/h7-8,13-14H,5-6,9-12H2,1-4H3,(H,20,23). The lowest BCUT2D eigenvalue weighted by molar-refractivity contribution is -0.144. The number of likely N-dealkylation sites (tertiary alicyclic amines) is 1. The van der Waals surface area contributed by atoms with E-state index in [9.17, 15) is 9.59 Å². The summed E-state index contributed by atoms with van der Waals surface area (Å²) in [5, 5.41) is 2.77. The molecule has 5 heteroatoms. The number of aryl methyl sites for hydroxylation is 1. The van der Waals surface area contributed by atoms with Gasteiger partial charge in [-0.15, -0.1) is 0 Å². The van der Waals surface area contributed by atoms with Crippen LogP contribution in [0.1, 0.15) is 39.2 Å². The molecule has 0 aromatic heterocycles. The molecule has 0 bridgehead atoms. The molecule has 5 nitrogen and oxygen atoms in total. The van der Waals surface area contributed by atoms with E-state index in [0.717, 1.165) is 37.2 Å². The first-order valence-corrected chi connectivity index (χ1v) is 8.92. The first-order valence-electron chi connectivity index (χ1n) is 8.92. The van der Waals surface area contributed by atoms with Crippen LogP contribution in [0, 0.1) is 12.8 Å². The van der Waals surface area contributed by atoms with Gasteiger partial charge < -0.3 is 15.1 Å². The molecule has 0 saturated carbocycles. The fraction of sp³-hybridized carbons (Fsp3) is 0.579. The molecular weight excluding hydrogens is 302 g/mol. The summed E-state index contributed by atoms with van der Waals surface area (Å²) >= 11 is 0. The van der Waals surface area contributed by atoms with E-state index < -0.39 is 11.8 Å². The van der Waals surface area contributed by atoms with Crippen molar-refractivity contribution in [3.05, 3.63) is 23.8 Å². The zero-order chi connectivity index (χ0) is 17.7. The summed E-state index contributed by atoms with van der Waals surface area (Å²) < 4.78 is 0. The van der Waals surface area contributed by atoms with E-state index in [1.54, 1.807) is 4.90 Å². The number of carbonyl (C=O) groups excluding carboxylic acids is 2. The first kappa shape index (κ1) is 18.3. The van der Waals surface area contributed by atoms with Crippen LogP contribution in [-0.4, -0.2) is 42.9 Å². The number of benzene rings is 1. The smallest absolute Gasteiger partial charge is 0.313 e. The molecule has 0 aliphatic carbocycles. The van der Waals surface area contributed by atoms with Crippen molar-refractivity contribution in [2.24, 2.45) is 5.92 Å². The zero-order valence-electron chi connectivity index (χ0n) is 15.3. The molecule has 1 fully saturated rings. The van der Waals surface area contributed by atoms with E-state index >= 15 is 0 Å². The third-order valence-corrected chi connectivity index (χ3v) is 4.85. The summed E-state index contributed by atoms with van der Waals surface area (Å²) in [6, 6.07) is 5.92. The molecule has 24 heavy (non-hydrogen) atoms. The molecule has 1 aliphatic rings. The van der Waals surface area contributed by atoms with Crippen molar-refractivity contribution in [3.63, 3.8) is 0 Å². The number of hydrogen-bond donors (Lipinski definition) is 1. The van der Waals surface area contributed by atoms with Gasteiger partial charge in [-0.05, 0) is 63.3 Å². The Balaban J connectivity index is 2.02. The Kier molecular flexibility index (Phi) is 6.23. The lowest BCUT2D eigenvalue weighted by Crippen LogP contribution is -2.43. The summed E-state index contributed by atoms with van der Waals surface area (Å²) in [6.07, 6.45) is 1.94. The number of amides is 2. The summed E-state index contributed by atoms with van der Waals surface area (Å²) in [5.74, 6) is -0.329. The first-order chi connectivity index (χ1) is 11.5. The van der Waals surface area contributed by atoms with Crippen molar-refractivity contribution >= 4 is 23.2 Å². The summed E-state index contributed by atoms with van der Waals surface area (Å²) in [7, 11) is 0. The van der Waals surface area contributed by atoms with Gasteiger partial charge in [-0.3, -0.25) is 9.59 Å². The summed E-state index contributed by atoms with van der Waals surface area (Å²) in [4.78, 5) is 28.5. The molecule has 2 rings (SSSR count). The molecule has 1 heterocycles. The second-order valence-corrected chi connectivity index (χ2v) is 6.60. The van der Waals surface area contributed by atoms with E-state index in [0.29, 0.717) is 24.7 Å². The van der Waals surface area contributed by atoms with E-state index in [2.05, 4.69) is 37.1 Å². The van der Waals surface area contributed by atoms with Crippen molar-refractivity contribution in [1.29, 1.82) is 0 Å². The topological polar surface area (TPSA) is 52.7 Å². The van der Waals surface area contributed by atoms with Gasteiger partial charge in [0.1, 0.15) is 0 Å². The van der Waals surface area contributed by atoms with Gasteiger partial charge in [0, 0.05) is 37.6 Å². The molecule has 1 saturated heterocycles. The predicted molar refractivity (Wildman–Crippen MR) is 98.3 cm³/mol. The van der Waals surface area contributed by atoms with Crippen LogP contribution >= 0.6 is 0 Å². The van der Waals surface area contributed by atoms with E-state index in [4.69, 9.17) is 0 Å². The Bertz CT molecular complexity index is 588. The highest BCUT2D eigenvalue weighted by Gasteiger charge is 2.25. The van der Waals surface area contributed by atoms with Crippen molar-refractivity contribution in [2.75, 3.05) is 36.4 Å². The van der Waals surface area contributed by atoms with Gasteiger partial charge in [-0.1, -0.05) is 6.92 Å². The Labute approximate surface area is 145 Å². The van der Waals surface area contributed by atoms with Gasteiger partial charge in [-0.2, -0.15) is 0 Å². The lowest BCUT2D eigenvalue weighted by Gasteiger charge is -2.29. The maximum absolute atomic E-state index is 12.3. The predicted octanol–water partition coefficient (Wildman–Crippen LogP) is 3.04. The highest BCUT2D eigenvalue weighted by Crippen LogP contribution is 2.23. The van der Waals surface area contributed by atoms with Crippen molar-refractivity contribution < 1.29 is 9.59 Å². The number of hydrogen-bond acceptors (Lipinski definition) is 3. The third kappa shape index (κ3) is 4.28. The molecule has 0 radical (unpaired) electrons. The van der Waals surface area contributed by atoms with Gasteiger partial charge in [0.25, 0.3) is 0 Å². The van der Waals surface area contributed by atoms with Gasteiger partial charge in [0.05, 0.1) is 0 Å². The minimum atomic E-state index is -0.539. The highest BCUT2D eigenvalue weighted by molar-refractivity contribution is 6.39. The number of piperidine rings is 1. The number of nitrogens with zero attached hydrogens (tertiary/aromatic N) is 2. The SMILES string of the molecule is CCN(CC)c1ccc(NC(=O)C(=O)N2CCC(C)CC2)c(C)c1. The zero-order valence-corrected chi connectivity index (χ0v) is 15.3. The largest absolute Gasteiger partial charge is 0.372 e. The maximum atomic E-state index is 12.3. The van der Waals surface area contributed by atoms with Crippen molar-refractivity contribution in [2.45, 2.75) is 40.5 Å². The average molecular weight is 331 g/mol. The molecular formula is C19H29N3O2. The van der Waals surface area contributed by atoms with Crippen LogP contribution in [0.25, 0.3) is 0 Å². The summed E-state index contributed by atoms with van der Waals surface area (Å²) in [6.45, 7) is 11.6. The van der Waals surface area contributed by atoms with E-state index in [-0.39, 0.29) is 0 Å². The maximum Gasteiger partial charge on any atom is 0.313 e. The molecule has 0 unspecified atom stereocenters. The molecule has 2 amide bonds. The quantitative estimate of drug-likeness (QED) is 0.863. The molecule has 0 atom stereocenters. The van der Waals surface area contributed by atoms with Crippen LogP contribution in [0.3, 0.4) is 0 Å². The molecule has 1 aliphatic heterocycles. The van der Waals surface area contributed by atoms with Crippen LogP contribution in [0.2, 0.25) is 0 Å². The summed E-state index contributed by atoms with van der Waals surface area (Å²) in [5.41, 5.74) is 2.80. The Hall–Kier alpha value is -2.04. The van der Waals surface area contributed by atoms with E-state index in [1.807, 2.05) is 19.1 Å². The highest BCUT2D eigenvalue weighted by atomic mass is 16.2. The Morgan fingerprint density at radius 1 is 1.21 bits per heavy atom. The van der Waals surface area contributed by atoms with Crippen LogP contribution in [0.15, 0.2) is 18.2 Å². The average Bonchev–Trinajstić information content (AvgIpc) is 2.58. The van der Waals surface area contributed by atoms with Crippen LogP contribution in [-0.2, 0) is 9.59 Å². The number of anilines is 2. The number of carbonyl (C=O) groups is 2. The fourth-order valence-electron chi connectivity index (χ4n) is 3.10. The Morgan fingerprint density at radius 3 is 2.38 bits per heavy atom. The number of rotatable bonds is 4. The second-order valence-electron chi connectivity index (χ2n) is 6.60. The molecule has 132 valence electrons. The van der Waals surface area contributed by atoms with Gasteiger partial charge in [0.2, 0.25) is 0 Å². The van der Waals surface area contributed by atoms with Gasteiger partial charge in [-0.25, -0.2) is 0 Å². The van der Waals surface area contributed by atoms with Gasteiger partial charge >= 0.3 is 11.8 Å². The molecule has 1 aromatic carbocycles. The van der Waals surface area contributed by atoms with Crippen molar-refractivity contribution in [1.82, 2.24) is 4.90 Å². The second kappa shape index (κ2) is 8.18. The monoisotopic (exact) mass is 331 g/mol. The van der Waals surface area contributed by atoms with E-state index in [1.165, 1.54) is 0 Å². The molecule has 1 aromatic rings. The van der Waals surface area contributed by atoms with Crippen LogP contribution in [0.5, 0.6) is 0 Å². The Morgan fingerprint density at radius 2 is 1.83 bits per heavy atom. The van der Waals surface area contributed by atoms with Crippen LogP contribution in [0.4, 0.5) is 11.4 Å². The lowest BCUT2D eigenvalue weighted by atomic mass is 9.99. The van der Waals surface area contributed by atoms with Crippen LogP contribution < -0.4 is 10.2 Å². The number of nitrogens with one attached hydrogen (secondary N) is 1.